The Balaban J connectivity index is 2.59. The predicted molar refractivity (Wildman–Crippen MR) is 67.1 cm³/mol. The van der Waals surface area contributed by atoms with Gasteiger partial charge in [0, 0.05) is 13.1 Å². The average Bonchev–Trinajstić information content (AvgIpc) is 2.86. The Morgan fingerprint density at radius 1 is 1.41 bits per heavy atom. The summed E-state index contributed by atoms with van der Waals surface area (Å²) in [5, 5.41) is 1.87. The van der Waals surface area contributed by atoms with Gasteiger partial charge in [-0.15, -0.1) is 11.3 Å². The summed E-state index contributed by atoms with van der Waals surface area (Å²) in [5.74, 6) is -0.296. The minimum atomic E-state index is -0.287. The van der Waals surface area contributed by atoms with Crippen molar-refractivity contribution in [2.75, 3.05) is 20.2 Å². The van der Waals surface area contributed by atoms with Crippen molar-refractivity contribution in [1.29, 1.82) is 0 Å². The van der Waals surface area contributed by atoms with Crippen molar-refractivity contribution >= 4 is 23.2 Å². The van der Waals surface area contributed by atoms with Gasteiger partial charge in [0.1, 0.15) is 0 Å². The minimum absolute atomic E-state index is 0.00856. The second kappa shape index (κ2) is 7.06. The van der Waals surface area contributed by atoms with Crippen molar-refractivity contribution in [3.8, 4) is 0 Å². The monoisotopic (exact) mass is 255 g/mol. The smallest absolute Gasteiger partial charge is 0.307 e. The molecule has 0 aliphatic rings. The molecular formula is C12H17NO3S. The zero-order valence-electron chi connectivity index (χ0n) is 10.1. The van der Waals surface area contributed by atoms with Crippen LogP contribution >= 0.6 is 11.3 Å². The van der Waals surface area contributed by atoms with Gasteiger partial charge in [-0.1, -0.05) is 13.0 Å². The highest BCUT2D eigenvalue weighted by atomic mass is 32.1. The third-order valence-corrected chi connectivity index (χ3v) is 3.18. The molecule has 94 valence electrons. The molecule has 1 amide bonds. The van der Waals surface area contributed by atoms with E-state index in [4.69, 9.17) is 0 Å². The predicted octanol–water partition coefficient (Wildman–Crippen LogP) is 2.16. The standard InChI is InChI=1S/C12H17NO3S/c1-3-7-13(8-6-11(14)16-2)12(15)10-5-4-9-17-10/h4-5,9H,3,6-8H2,1-2H3. The first-order valence-corrected chi connectivity index (χ1v) is 6.46. The van der Waals surface area contributed by atoms with Crippen LogP contribution in [-0.2, 0) is 9.53 Å². The van der Waals surface area contributed by atoms with Crippen molar-refractivity contribution in [2.45, 2.75) is 19.8 Å². The first-order chi connectivity index (χ1) is 8.19. The summed E-state index contributed by atoms with van der Waals surface area (Å²) in [6, 6.07) is 3.65. The second-order valence-corrected chi connectivity index (χ2v) is 4.54. The van der Waals surface area contributed by atoms with E-state index in [1.807, 2.05) is 18.4 Å². The molecule has 0 unspecified atom stereocenters. The van der Waals surface area contributed by atoms with Gasteiger partial charge < -0.3 is 9.64 Å². The Morgan fingerprint density at radius 3 is 2.71 bits per heavy atom. The summed E-state index contributed by atoms with van der Waals surface area (Å²) in [5.41, 5.74) is 0. The summed E-state index contributed by atoms with van der Waals surface area (Å²) >= 11 is 1.42. The molecule has 4 nitrogen and oxygen atoms in total. The van der Waals surface area contributed by atoms with Crippen LogP contribution in [0.4, 0.5) is 0 Å². The lowest BCUT2D eigenvalue weighted by Crippen LogP contribution is -2.33. The SMILES string of the molecule is CCCN(CCC(=O)OC)C(=O)c1cccs1. The van der Waals surface area contributed by atoms with E-state index < -0.39 is 0 Å². The van der Waals surface area contributed by atoms with Crippen molar-refractivity contribution in [3.63, 3.8) is 0 Å². The molecule has 0 bridgehead atoms. The van der Waals surface area contributed by atoms with Crippen LogP contribution < -0.4 is 0 Å². The number of esters is 1. The molecule has 5 heteroatoms. The average molecular weight is 255 g/mol. The summed E-state index contributed by atoms with van der Waals surface area (Å²) < 4.78 is 4.57. The van der Waals surface area contributed by atoms with E-state index in [0.717, 1.165) is 6.42 Å². The zero-order chi connectivity index (χ0) is 12.7. The van der Waals surface area contributed by atoms with Crippen LogP contribution in [0.25, 0.3) is 0 Å². The second-order valence-electron chi connectivity index (χ2n) is 3.60. The van der Waals surface area contributed by atoms with Gasteiger partial charge in [-0.05, 0) is 17.9 Å². The highest BCUT2D eigenvalue weighted by Gasteiger charge is 2.16. The molecule has 0 saturated heterocycles. The molecule has 1 aromatic heterocycles. The van der Waals surface area contributed by atoms with E-state index in [1.165, 1.54) is 18.4 Å². The fraction of sp³-hybridized carbons (Fsp3) is 0.500. The van der Waals surface area contributed by atoms with Crippen LogP contribution in [-0.4, -0.2) is 37.0 Å². The molecule has 0 fully saturated rings. The number of methoxy groups -OCH3 is 1. The fourth-order valence-corrected chi connectivity index (χ4v) is 2.16. The van der Waals surface area contributed by atoms with Gasteiger partial charge in [-0.3, -0.25) is 9.59 Å². The summed E-state index contributed by atoms with van der Waals surface area (Å²) in [6.45, 7) is 3.08. The van der Waals surface area contributed by atoms with Crippen molar-refractivity contribution in [2.24, 2.45) is 0 Å². The van der Waals surface area contributed by atoms with Crippen molar-refractivity contribution in [3.05, 3.63) is 22.4 Å². The molecular weight excluding hydrogens is 238 g/mol. The van der Waals surface area contributed by atoms with Gasteiger partial charge in [-0.2, -0.15) is 0 Å². The van der Waals surface area contributed by atoms with E-state index in [2.05, 4.69) is 4.74 Å². The van der Waals surface area contributed by atoms with Gasteiger partial charge >= 0.3 is 5.97 Å². The summed E-state index contributed by atoms with van der Waals surface area (Å²) in [6.07, 6.45) is 1.12. The maximum absolute atomic E-state index is 12.1. The number of amides is 1. The van der Waals surface area contributed by atoms with Crippen LogP contribution in [0.2, 0.25) is 0 Å². The number of hydrogen-bond donors (Lipinski definition) is 0. The number of rotatable bonds is 6. The lowest BCUT2D eigenvalue weighted by Gasteiger charge is -2.20. The number of hydrogen-bond acceptors (Lipinski definition) is 4. The third-order valence-electron chi connectivity index (χ3n) is 2.33. The highest BCUT2D eigenvalue weighted by Crippen LogP contribution is 2.12. The number of thiophene rings is 1. The molecule has 0 aliphatic carbocycles. The first kappa shape index (κ1) is 13.7. The Labute approximate surface area is 105 Å². The summed E-state index contributed by atoms with van der Waals surface area (Å²) in [4.78, 5) is 25.6. The van der Waals surface area contributed by atoms with Gasteiger partial charge in [0.25, 0.3) is 5.91 Å². The van der Waals surface area contributed by atoms with Gasteiger partial charge in [-0.25, -0.2) is 0 Å². The van der Waals surface area contributed by atoms with Crippen LogP contribution in [0.3, 0.4) is 0 Å². The Bertz CT molecular complexity index is 362. The quantitative estimate of drug-likeness (QED) is 0.732. The number of carbonyl (C=O) groups is 2. The maximum Gasteiger partial charge on any atom is 0.307 e. The zero-order valence-corrected chi connectivity index (χ0v) is 11.0. The molecule has 0 aliphatic heterocycles. The first-order valence-electron chi connectivity index (χ1n) is 5.58. The van der Waals surface area contributed by atoms with E-state index in [-0.39, 0.29) is 18.3 Å². The Kier molecular flexibility index (Phi) is 5.69. The fourth-order valence-electron chi connectivity index (χ4n) is 1.47. The normalized spacial score (nSPS) is 10.0. The van der Waals surface area contributed by atoms with Crippen molar-refractivity contribution < 1.29 is 14.3 Å². The molecule has 1 aromatic rings. The Hall–Kier alpha value is -1.36. The van der Waals surface area contributed by atoms with Gasteiger partial charge in [0.2, 0.25) is 0 Å². The highest BCUT2D eigenvalue weighted by molar-refractivity contribution is 7.12. The maximum atomic E-state index is 12.1. The van der Waals surface area contributed by atoms with E-state index in [1.54, 1.807) is 11.0 Å². The molecule has 1 heterocycles. The van der Waals surface area contributed by atoms with Crippen molar-refractivity contribution in [1.82, 2.24) is 4.90 Å². The van der Waals surface area contributed by atoms with Crippen LogP contribution in [0.15, 0.2) is 17.5 Å². The summed E-state index contributed by atoms with van der Waals surface area (Å²) in [7, 11) is 1.35. The number of nitrogens with zero attached hydrogens (tertiary/aromatic N) is 1. The number of ether oxygens (including phenoxy) is 1. The van der Waals surface area contributed by atoms with E-state index in [0.29, 0.717) is 18.0 Å². The molecule has 0 spiro atoms. The van der Waals surface area contributed by atoms with E-state index in [9.17, 15) is 9.59 Å². The molecule has 0 atom stereocenters. The molecule has 0 N–H and O–H groups in total. The lowest BCUT2D eigenvalue weighted by atomic mass is 10.3. The molecule has 17 heavy (non-hydrogen) atoms. The largest absolute Gasteiger partial charge is 0.469 e. The Morgan fingerprint density at radius 2 is 2.18 bits per heavy atom. The molecule has 0 saturated carbocycles. The topological polar surface area (TPSA) is 46.6 Å². The molecule has 0 radical (unpaired) electrons. The van der Waals surface area contributed by atoms with Crippen LogP contribution in [0.1, 0.15) is 29.4 Å². The van der Waals surface area contributed by atoms with Crippen LogP contribution in [0.5, 0.6) is 0 Å². The van der Waals surface area contributed by atoms with Crippen LogP contribution in [0, 0.1) is 0 Å². The number of carbonyl (C=O) groups excluding carboxylic acids is 2. The van der Waals surface area contributed by atoms with Gasteiger partial charge in [0.15, 0.2) is 0 Å². The molecule has 1 rings (SSSR count). The molecule has 0 aromatic carbocycles. The lowest BCUT2D eigenvalue weighted by molar-refractivity contribution is -0.140. The third kappa shape index (κ3) is 4.19. The van der Waals surface area contributed by atoms with Gasteiger partial charge in [0.05, 0.1) is 18.4 Å². The minimum Gasteiger partial charge on any atom is -0.469 e. The van der Waals surface area contributed by atoms with E-state index >= 15 is 0 Å².